The highest BCUT2D eigenvalue weighted by Crippen LogP contribution is 2.16. The first-order valence-electron chi connectivity index (χ1n) is 6.91. The first-order valence-corrected chi connectivity index (χ1v) is 6.91. The van der Waals surface area contributed by atoms with Crippen molar-refractivity contribution in [2.75, 3.05) is 6.54 Å². The van der Waals surface area contributed by atoms with Gasteiger partial charge < -0.3 is 16.0 Å². The Morgan fingerprint density at radius 1 is 1.17 bits per heavy atom. The molecule has 0 aliphatic heterocycles. The molecule has 0 bridgehead atoms. The fraction of sp³-hybridized carbons (Fsp3) is 0.846. The number of hydrogen-bond donors (Lipinski definition) is 3. The molecule has 0 saturated heterocycles. The predicted octanol–water partition coefficient (Wildman–Crippen LogP) is 1.53. The average molecular weight is 255 g/mol. The Morgan fingerprint density at radius 2 is 1.83 bits per heavy atom. The maximum Gasteiger partial charge on any atom is 0.315 e. The number of nitrogens with one attached hydrogen (secondary N) is 3. The van der Waals surface area contributed by atoms with Crippen molar-refractivity contribution in [2.24, 2.45) is 0 Å². The highest BCUT2D eigenvalue weighted by Gasteiger charge is 2.15. The zero-order chi connectivity index (χ0) is 13.4. The lowest BCUT2D eigenvalue weighted by Gasteiger charge is -2.22. The normalized spacial score (nSPS) is 16.4. The smallest absolute Gasteiger partial charge is 0.315 e. The molecule has 3 amide bonds. The minimum atomic E-state index is -0.153. The van der Waals surface area contributed by atoms with Crippen molar-refractivity contribution in [1.82, 2.24) is 16.0 Å². The molecule has 1 aliphatic carbocycles. The molecule has 104 valence electrons. The molecule has 0 atom stereocenters. The van der Waals surface area contributed by atoms with Gasteiger partial charge in [-0.2, -0.15) is 0 Å². The Bertz CT molecular complexity index is 273. The van der Waals surface area contributed by atoms with Gasteiger partial charge in [0.25, 0.3) is 0 Å². The highest BCUT2D eigenvalue weighted by atomic mass is 16.2. The van der Waals surface area contributed by atoms with E-state index >= 15 is 0 Å². The fourth-order valence-corrected chi connectivity index (χ4v) is 2.17. The molecule has 5 heteroatoms. The summed E-state index contributed by atoms with van der Waals surface area (Å²) in [5.41, 5.74) is 0. The van der Waals surface area contributed by atoms with E-state index in [4.69, 9.17) is 0 Å². The summed E-state index contributed by atoms with van der Waals surface area (Å²) in [4.78, 5) is 22.9. The Kier molecular flexibility index (Phi) is 6.54. The molecule has 0 aromatic carbocycles. The van der Waals surface area contributed by atoms with E-state index in [-0.39, 0.29) is 18.0 Å². The van der Waals surface area contributed by atoms with Gasteiger partial charge in [-0.25, -0.2) is 4.79 Å². The van der Waals surface area contributed by atoms with E-state index in [1.807, 2.05) is 13.8 Å². The minimum absolute atomic E-state index is 0.0250. The third-order valence-corrected chi connectivity index (χ3v) is 3.03. The SMILES string of the molecule is CC(C)NC(=O)CCNC(=O)NC1CCCCC1. The van der Waals surface area contributed by atoms with Crippen LogP contribution in [0.15, 0.2) is 0 Å². The van der Waals surface area contributed by atoms with Crippen LogP contribution < -0.4 is 16.0 Å². The summed E-state index contributed by atoms with van der Waals surface area (Å²) in [6, 6.07) is 0.302. The Labute approximate surface area is 109 Å². The van der Waals surface area contributed by atoms with Crippen molar-refractivity contribution in [2.45, 2.75) is 64.5 Å². The van der Waals surface area contributed by atoms with Crippen LogP contribution in [0.3, 0.4) is 0 Å². The lowest BCUT2D eigenvalue weighted by molar-refractivity contribution is -0.121. The quantitative estimate of drug-likeness (QED) is 0.697. The van der Waals surface area contributed by atoms with Gasteiger partial charge in [0.05, 0.1) is 0 Å². The molecule has 1 saturated carbocycles. The van der Waals surface area contributed by atoms with Gasteiger partial charge in [-0.05, 0) is 26.7 Å². The summed E-state index contributed by atoms with van der Waals surface area (Å²) in [5, 5.41) is 8.46. The Morgan fingerprint density at radius 3 is 2.44 bits per heavy atom. The average Bonchev–Trinajstić information content (AvgIpc) is 2.29. The molecule has 0 unspecified atom stereocenters. The minimum Gasteiger partial charge on any atom is -0.354 e. The van der Waals surface area contributed by atoms with Gasteiger partial charge in [-0.3, -0.25) is 4.79 Å². The van der Waals surface area contributed by atoms with Crippen molar-refractivity contribution in [1.29, 1.82) is 0 Å². The van der Waals surface area contributed by atoms with Gasteiger partial charge in [0.15, 0.2) is 0 Å². The van der Waals surface area contributed by atoms with Gasteiger partial charge in [-0.1, -0.05) is 19.3 Å². The van der Waals surface area contributed by atoms with Crippen LogP contribution >= 0.6 is 0 Å². The molecule has 0 heterocycles. The molecule has 1 rings (SSSR count). The van der Waals surface area contributed by atoms with Crippen LogP contribution in [0, 0.1) is 0 Å². The van der Waals surface area contributed by atoms with E-state index in [9.17, 15) is 9.59 Å². The molecule has 1 fully saturated rings. The third-order valence-electron chi connectivity index (χ3n) is 3.03. The fourth-order valence-electron chi connectivity index (χ4n) is 2.17. The predicted molar refractivity (Wildman–Crippen MR) is 71.3 cm³/mol. The molecular formula is C13H25N3O2. The number of amides is 3. The second kappa shape index (κ2) is 7.95. The standard InChI is InChI=1S/C13H25N3O2/c1-10(2)15-12(17)8-9-14-13(18)16-11-6-4-3-5-7-11/h10-11H,3-9H2,1-2H3,(H,15,17)(H2,14,16,18). The van der Waals surface area contributed by atoms with Crippen molar-refractivity contribution in [3.8, 4) is 0 Å². The summed E-state index contributed by atoms with van der Waals surface area (Å²) in [5.74, 6) is -0.0250. The second-order valence-electron chi connectivity index (χ2n) is 5.21. The maximum absolute atomic E-state index is 11.6. The molecule has 0 aromatic heterocycles. The number of rotatable bonds is 5. The molecule has 3 N–H and O–H groups in total. The van der Waals surface area contributed by atoms with Crippen molar-refractivity contribution < 1.29 is 9.59 Å². The van der Waals surface area contributed by atoms with Crippen LogP contribution in [0.5, 0.6) is 0 Å². The van der Waals surface area contributed by atoms with Gasteiger partial charge in [-0.15, -0.1) is 0 Å². The summed E-state index contributed by atoms with van der Waals surface area (Å²) in [7, 11) is 0. The van der Waals surface area contributed by atoms with Crippen LogP contribution in [0.1, 0.15) is 52.4 Å². The largest absolute Gasteiger partial charge is 0.354 e. The zero-order valence-corrected chi connectivity index (χ0v) is 11.4. The van der Waals surface area contributed by atoms with Crippen molar-refractivity contribution >= 4 is 11.9 Å². The first kappa shape index (κ1) is 14.8. The van der Waals surface area contributed by atoms with E-state index in [2.05, 4.69) is 16.0 Å². The highest BCUT2D eigenvalue weighted by molar-refractivity contribution is 5.78. The molecule has 5 nitrogen and oxygen atoms in total. The lowest BCUT2D eigenvalue weighted by atomic mass is 9.96. The lowest BCUT2D eigenvalue weighted by Crippen LogP contribution is -2.44. The molecule has 0 radical (unpaired) electrons. The number of carbonyl (C=O) groups is 2. The summed E-state index contributed by atoms with van der Waals surface area (Å²) in [6.07, 6.45) is 6.14. The van der Waals surface area contributed by atoms with Gasteiger partial charge in [0.2, 0.25) is 5.91 Å². The summed E-state index contributed by atoms with van der Waals surface area (Å²) in [6.45, 7) is 4.22. The van der Waals surface area contributed by atoms with Crippen LogP contribution in [-0.2, 0) is 4.79 Å². The van der Waals surface area contributed by atoms with E-state index < -0.39 is 0 Å². The van der Waals surface area contributed by atoms with Crippen LogP contribution in [-0.4, -0.2) is 30.6 Å². The molecule has 0 spiro atoms. The third kappa shape index (κ3) is 6.47. The van der Waals surface area contributed by atoms with Gasteiger partial charge in [0.1, 0.15) is 0 Å². The van der Waals surface area contributed by atoms with E-state index in [1.165, 1.54) is 19.3 Å². The van der Waals surface area contributed by atoms with Crippen molar-refractivity contribution in [3.63, 3.8) is 0 Å². The van der Waals surface area contributed by atoms with E-state index in [0.717, 1.165) is 12.8 Å². The van der Waals surface area contributed by atoms with Gasteiger partial charge >= 0.3 is 6.03 Å². The molecular weight excluding hydrogens is 230 g/mol. The second-order valence-corrected chi connectivity index (χ2v) is 5.21. The molecule has 1 aliphatic rings. The Balaban J connectivity index is 2.07. The molecule has 0 aromatic rings. The van der Waals surface area contributed by atoms with Gasteiger partial charge in [0, 0.05) is 25.0 Å². The maximum atomic E-state index is 11.6. The van der Waals surface area contributed by atoms with E-state index in [0.29, 0.717) is 19.0 Å². The number of hydrogen-bond acceptors (Lipinski definition) is 2. The topological polar surface area (TPSA) is 70.2 Å². The summed E-state index contributed by atoms with van der Waals surface area (Å²) < 4.78 is 0. The van der Waals surface area contributed by atoms with E-state index in [1.54, 1.807) is 0 Å². The van der Waals surface area contributed by atoms with Crippen LogP contribution in [0.4, 0.5) is 4.79 Å². The monoisotopic (exact) mass is 255 g/mol. The number of urea groups is 1. The first-order chi connectivity index (χ1) is 8.58. The van der Waals surface area contributed by atoms with Crippen LogP contribution in [0.2, 0.25) is 0 Å². The van der Waals surface area contributed by atoms with Crippen LogP contribution in [0.25, 0.3) is 0 Å². The number of carbonyl (C=O) groups excluding carboxylic acids is 2. The zero-order valence-electron chi connectivity index (χ0n) is 11.4. The summed E-state index contributed by atoms with van der Waals surface area (Å²) >= 11 is 0. The molecule has 18 heavy (non-hydrogen) atoms. The van der Waals surface area contributed by atoms with Crippen molar-refractivity contribution in [3.05, 3.63) is 0 Å². The Hall–Kier alpha value is -1.26.